The maximum Gasteiger partial charge on any atom is 0.347 e. The number of carbonyl (C=O) groups is 1. The van der Waals surface area contributed by atoms with Gasteiger partial charge >= 0.3 is 5.69 Å². The van der Waals surface area contributed by atoms with Crippen molar-refractivity contribution in [1.82, 2.24) is 19.4 Å². The lowest BCUT2D eigenvalue weighted by Crippen LogP contribution is -2.48. The second kappa shape index (κ2) is 8.79. The summed E-state index contributed by atoms with van der Waals surface area (Å²) >= 11 is 0. The zero-order valence-electron chi connectivity index (χ0n) is 18.8. The molecule has 0 bridgehead atoms. The zero-order valence-corrected chi connectivity index (χ0v) is 18.8. The Kier molecular flexibility index (Phi) is 6.30. The first kappa shape index (κ1) is 21.5. The molecule has 4 atom stereocenters. The predicted molar refractivity (Wildman–Crippen MR) is 115 cm³/mol. The largest absolute Gasteiger partial charge is 0.376 e. The third-order valence-corrected chi connectivity index (χ3v) is 7.24. The molecule has 0 unspecified atom stereocenters. The number of hydrogen-bond donors (Lipinski definition) is 0. The van der Waals surface area contributed by atoms with Crippen LogP contribution in [0, 0.1) is 31.6 Å². The van der Waals surface area contributed by atoms with Gasteiger partial charge in [0.1, 0.15) is 0 Å². The molecule has 2 saturated carbocycles. The van der Waals surface area contributed by atoms with E-state index in [-0.39, 0.29) is 17.7 Å². The highest BCUT2D eigenvalue weighted by atomic mass is 16.5. The number of rotatable bonds is 7. The summed E-state index contributed by atoms with van der Waals surface area (Å²) in [5.41, 5.74) is 1.32. The highest BCUT2D eigenvalue weighted by Crippen LogP contribution is 2.40. The van der Waals surface area contributed by atoms with Gasteiger partial charge in [0.2, 0.25) is 5.91 Å². The van der Waals surface area contributed by atoms with Crippen molar-refractivity contribution < 1.29 is 9.53 Å². The van der Waals surface area contributed by atoms with Crippen LogP contribution in [-0.2, 0) is 16.1 Å². The van der Waals surface area contributed by atoms with Gasteiger partial charge in [-0.1, -0.05) is 0 Å². The molecule has 30 heavy (non-hydrogen) atoms. The number of aryl methyl sites for hydroxylation is 2. The summed E-state index contributed by atoms with van der Waals surface area (Å²) in [5.74, 6) is 2.00. The second-order valence-electron chi connectivity index (χ2n) is 9.86. The maximum absolute atomic E-state index is 12.9. The van der Waals surface area contributed by atoms with Crippen molar-refractivity contribution in [1.29, 1.82) is 0 Å². The van der Waals surface area contributed by atoms with Gasteiger partial charge in [-0.15, -0.1) is 0 Å². The topological polar surface area (TPSA) is 67.7 Å². The number of hydrogen-bond acceptors (Lipinski definition) is 5. The number of carbonyl (C=O) groups excluding carboxylic acids is 1. The van der Waals surface area contributed by atoms with Crippen LogP contribution in [0.15, 0.2) is 10.9 Å². The van der Waals surface area contributed by atoms with E-state index in [2.05, 4.69) is 24.0 Å². The van der Waals surface area contributed by atoms with Gasteiger partial charge in [0.05, 0.1) is 6.10 Å². The standard InChI is InChI=1S/C23H36N4O3/c1-15-9-16(2)27(23(29)24-15)8-7-22(28)26-12-18-10-20(25(3)4)21(11-19(18)13-26)30-14-17-5-6-17/h9,17-21H,5-8,10-14H2,1-4H3/t18-,19+,20-,21-/m1/s1. The van der Waals surface area contributed by atoms with E-state index in [9.17, 15) is 9.59 Å². The van der Waals surface area contributed by atoms with Crippen molar-refractivity contribution >= 4 is 5.91 Å². The molecule has 1 saturated heterocycles. The van der Waals surface area contributed by atoms with E-state index < -0.39 is 0 Å². The van der Waals surface area contributed by atoms with Gasteiger partial charge in [-0.05, 0) is 77.4 Å². The van der Waals surface area contributed by atoms with Gasteiger partial charge in [0.25, 0.3) is 0 Å². The second-order valence-corrected chi connectivity index (χ2v) is 9.86. The minimum atomic E-state index is -0.264. The number of likely N-dealkylation sites (N-methyl/N-ethyl adjacent to an activating group) is 1. The van der Waals surface area contributed by atoms with Crippen LogP contribution in [0.25, 0.3) is 0 Å². The summed E-state index contributed by atoms with van der Waals surface area (Å²) in [4.78, 5) is 33.4. The minimum absolute atomic E-state index is 0.146. The number of amides is 1. The fraction of sp³-hybridized carbons (Fsp3) is 0.783. The van der Waals surface area contributed by atoms with Crippen LogP contribution in [-0.4, -0.2) is 71.2 Å². The molecule has 1 aliphatic heterocycles. The molecule has 3 fully saturated rings. The molecule has 2 heterocycles. The molecule has 1 aromatic rings. The summed E-state index contributed by atoms with van der Waals surface area (Å²) < 4.78 is 7.94. The van der Waals surface area contributed by atoms with Crippen LogP contribution in [0.3, 0.4) is 0 Å². The molecule has 166 valence electrons. The highest BCUT2D eigenvalue weighted by molar-refractivity contribution is 5.76. The number of aromatic nitrogens is 2. The Morgan fingerprint density at radius 3 is 2.53 bits per heavy atom. The van der Waals surface area contributed by atoms with Crippen molar-refractivity contribution in [2.75, 3.05) is 33.8 Å². The molecule has 7 heteroatoms. The number of likely N-dealkylation sites (tertiary alicyclic amines) is 1. The molecule has 1 amide bonds. The molecule has 3 aliphatic rings. The number of ether oxygens (including phenoxy) is 1. The fourth-order valence-electron chi connectivity index (χ4n) is 5.27. The van der Waals surface area contributed by atoms with E-state index in [0.29, 0.717) is 30.8 Å². The van der Waals surface area contributed by atoms with Crippen LogP contribution in [0.5, 0.6) is 0 Å². The average molecular weight is 417 g/mol. The lowest BCUT2D eigenvalue weighted by molar-refractivity contribution is -0.130. The van der Waals surface area contributed by atoms with Gasteiger partial charge in [0, 0.05) is 50.1 Å². The van der Waals surface area contributed by atoms with Gasteiger partial charge in [0.15, 0.2) is 0 Å². The predicted octanol–water partition coefficient (Wildman–Crippen LogP) is 1.84. The zero-order chi connectivity index (χ0) is 21.4. The van der Waals surface area contributed by atoms with E-state index in [1.54, 1.807) is 4.57 Å². The average Bonchev–Trinajstić information content (AvgIpc) is 3.41. The fourth-order valence-corrected chi connectivity index (χ4v) is 5.27. The highest BCUT2D eigenvalue weighted by Gasteiger charge is 2.44. The first-order valence-electron chi connectivity index (χ1n) is 11.4. The van der Waals surface area contributed by atoms with Gasteiger partial charge in [-0.2, -0.15) is 4.98 Å². The molecule has 1 aromatic heterocycles. The smallest absolute Gasteiger partial charge is 0.347 e. The van der Waals surface area contributed by atoms with E-state index in [1.807, 2.05) is 24.8 Å². The van der Waals surface area contributed by atoms with Crippen LogP contribution in [0.2, 0.25) is 0 Å². The minimum Gasteiger partial charge on any atom is -0.376 e. The number of nitrogens with zero attached hydrogens (tertiary/aromatic N) is 4. The third kappa shape index (κ3) is 4.78. The van der Waals surface area contributed by atoms with Crippen LogP contribution in [0.1, 0.15) is 43.5 Å². The van der Waals surface area contributed by atoms with Crippen molar-refractivity contribution in [3.8, 4) is 0 Å². The Labute approximate surface area is 179 Å². The SMILES string of the molecule is Cc1cc(C)n(CCC(=O)N2C[C@H]3C[C@@H](N(C)C)[C@H](OCC4CC4)C[C@H]3C2)c(=O)n1. The normalized spacial score (nSPS) is 28.8. The van der Waals surface area contributed by atoms with E-state index in [4.69, 9.17) is 4.74 Å². The monoisotopic (exact) mass is 416 g/mol. The van der Waals surface area contributed by atoms with Crippen LogP contribution < -0.4 is 5.69 Å². The molecular weight excluding hydrogens is 380 g/mol. The Balaban J connectivity index is 1.35. The Bertz CT molecular complexity index is 832. The maximum atomic E-state index is 12.9. The van der Waals surface area contributed by atoms with E-state index in [1.165, 1.54) is 12.8 Å². The summed E-state index contributed by atoms with van der Waals surface area (Å²) in [6, 6.07) is 2.32. The molecule has 2 aliphatic carbocycles. The molecule has 0 N–H and O–H groups in total. The molecule has 0 radical (unpaired) electrons. The van der Waals surface area contributed by atoms with Crippen molar-refractivity contribution in [3.05, 3.63) is 27.9 Å². The van der Waals surface area contributed by atoms with Crippen LogP contribution in [0.4, 0.5) is 0 Å². The molecule has 4 rings (SSSR count). The van der Waals surface area contributed by atoms with Crippen molar-refractivity contribution in [3.63, 3.8) is 0 Å². The Morgan fingerprint density at radius 1 is 1.20 bits per heavy atom. The van der Waals surface area contributed by atoms with Crippen LogP contribution >= 0.6 is 0 Å². The molecule has 7 nitrogen and oxygen atoms in total. The van der Waals surface area contributed by atoms with E-state index in [0.717, 1.165) is 49.8 Å². The summed E-state index contributed by atoms with van der Waals surface area (Å²) in [6.45, 7) is 6.67. The first-order valence-corrected chi connectivity index (χ1v) is 11.4. The first-order chi connectivity index (χ1) is 14.3. The van der Waals surface area contributed by atoms with Gasteiger partial charge in [-0.3, -0.25) is 9.36 Å². The molecule has 0 spiro atoms. The van der Waals surface area contributed by atoms with Gasteiger partial charge < -0.3 is 14.5 Å². The summed E-state index contributed by atoms with van der Waals surface area (Å²) in [7, 11) is 4.29. The van der Waals surface area contributed by atoms with Crippen molar-refractivity contribution in [2.24, 2.45) is 17.8 Å². The summed E-state index contributed by atoms with van der Waals surface area (Å²) in [6.07, 6.45) is 5.39. The lowest BCUT2D eigenvalue weighted by atomic mass is 9.77. The van der Waals surface area contributed by atoms with E-state index >= 15 is 0 Å². The van der Waals surface area contributed by atoms with Crippen molar-refractivity contribution in [2.45, 2.75) is 64.6 Å². The number of fused-ring (bicyclic) bond motifs is 1. The quantitative estimate of drug-likeness (QED) is 0.679. The summed E-state index contributed by atoms with van der Waals surface area (Å²) in [5, 5.41) is 0. The molecular formula is C23H36N4O3. The molecule has 0 aromatic carbocycles. The lowest BCUT2D eigenvalue weighted by Gasteiger charge is -2.41. The Morgan fingerprint density at radius 2 is 1.90 bits per heavy atom. The van der Waals surface area contributed by atoms with Gasteiger partial charge in [-0.25, -0.2) is 4.79 Å². The Hall–Kier alpha value is -1.73. The third-order valence-electron chi connectivity index (χ3n) is 7.24.